The standard InChI is InChI=1S/C14H15N3O3/c1-2-11-9(3-5-18-11)7-10(1)13-16-14(20-17-13)12-8-15-4-6-19-12/h1-2,7,12,15H,3-6,8H2. The average molecular weight is 273 g/mol. The zero-order valence-corrected chi connectivity index (χ0v) is 11.0. The van der Waals surface area contributed by atoms with Crippen molar-refractivity contribution >= 4 is 0 Å². The average Bonchev–Trinajstić information content (AvgIpc) is 3.16. The molecule has 6 heteroatoms. The van der Waals surface area contributed by atoms with E-state index in [1.54, 1.807) is 0 Å². The maximum Gasteiger partial charge on any atom is 0.257 e. The number of rotatable bonds is 2. The molecule has 1 aromatic carbocycles. The third kappa shape index (κ3) is 2.07. The number of hydrogen-bond acceptors (Lipinski definition) is 6. The largest absolute Gasteiger partial charge is 0.493 e. The molecule has 0 bridgehead atoms. The van der Waals surface area contributed by atoms with E-state index in [4.69, 9.17) is 14.0 Å². The molecule has 1 fully saturated rings. The van der Waals surface area contributed by atoms with E-state index >= 15 is 0 Å². The number of nitrogens with one attached hydrogen (secondary N) is 1. The fourth-order valence-electron chi connectivity index (χ4n) is 2.53. The van der Waals surface area contributed by atoms with Crippen molar-refractivity contribution in [1.82, 2.24) is 15.5 Å². The molecule has 0 aliphatic carbocycles. The predicted molar refractivity (Wildman–Crippen MR) is 70.5 cm³/mol. The van der Waals surface area contributed by atoms with E-state index in [2.05, 4.69) is 21.5 Å². The Morgan fingerprint density at radius 3 is 3.15 bits per heavy atom. The summed E-state index contributed by atoms with van der Waals surface area (Å²) in [5.74, 6) is 2.09. The molecule has 0 saturated carbocycles. The van der Waals surface area contributed by atoms with Crippen LogP contribution >= 0.6 is 0 Å². The monoisotopic (exact) mass is 273 g/mol. The highest BCUT2D eigenvalue weighted by atomic mass is 16.5. The highest BCUT2D eigenvalue weighted by molar-refractivity contribution is 5.59. The molecule has 6 nitrogen and oxygen atoms in total. The van der Waals surface area contributed by atoms with E-state index in [1.807, 2.05) is 12.1 Å². The van der Waals surface area contributed by atoms with Crippen LogP contribution in [0.25, 0.3) is 11.4 Å². The SMILES string of the molecule is c1cc2c(cc1-c1noc(C3CNCCO3)n1)CCO2. The highest BCUT2D eigenvalue weighted by Crippen LogP contribution is 2.30. The maximum absolute atomic E-state index is 5.61. The van der Waals surface area contributed by atoms with Gasteiger partial charge in [-0.05, 0) is 23.8 Å². The van der Waals surface area contributed by atoms with Crippen LogP contribution in [0.3, 0.4) is 0 Å². The molecule has 0 radical (unpaired) electrons. The molecule has 1 unspecified atom stereocenters. The number of ether oxygens (including phenoxy) is 2. The maximum atomic E-state index is 5.61. The van der Waals surface area contributed by atoms with Crippen molar-refractivity contribution in [3.8, 4) is 17.1 Å². The zero-order valence-electron chi connectivity index (χ0n) is 11.0. The lowest BCUT2D eigenvalue weighted by molar-refractivity contribution is 0.00755. The van der Waals surface area contributed by atoms with Crippen LogP contribution in [0, 0.1) is 0 Å². The Morgan fingerprint density at radius 2 is 2.25 bits per heavy atom. The first-order valence-electron chi connectivity index (χ1n) is 6.82. The minimum Gasteiger partial charge on any atom is -0.493 e. The number of fused-ring (bicyclic) bond motifs is 1. The Hall–Kier alpha value is -1.92. The van der Waals surface area contributed by atoms with Crippen LogP contribution < -0.4 is 10.1 Å². The van der Waals surface area contributed by atoms with E-state index in [0.29, 0.717) is 24.9 Å². The smallest absolute Gasteiger partial charge is 0.257 e. The summed E-state index contributed by atoms with van der Waals surface area (Å²) < 4.78 is 16.4. The molecule has 4 rings (SSSR count). The highest BCUT2D eigenvalue weighted by Gasteiger charge is 2.23. The molecule has 3 heterocycles. The first kappa shape index (κ1) is 11.9. The predicted octanol–water partition coefficient (Wildman–Crippen LogP) is 1.33. The molecule has 20 heavy (non-hydrogen) atoms. The van der Waals surface area contributed by atoms with Crippen molar-refractivity contribution in [3.63, 3.8) is 0 Å². The molecule has 2 aliphatic rings. The van der Waals surface area contributed by atoms with Gasteiger partial charge >= 0.3 is 0 Å². The third-order valence-electron chi connectivity index (χ3n) is 3.59. The summed E-state index contributed by atoms with van der Waals surface area (Å²) in [5.41, 5.74) is 2.15. The Kier molecular flexibility index (Phi) is 2.90. The first-order valence-corrected chi connectivity index (χ1v) is 6.82. The van der Waals surface area contributed by atoms with Crippen LogP contribution in [0.15, 0.2) is 22.7 Å². The molecule has 2 aromatic rings. The van der Waals surface area contributed by atoms with Crippen LogP contribution in [0.1, 0.15) is 17.6 Å². The van der Waals surface area contributed by atoms with Gasteiger partial charge in [0.25, 0.3) is 5.89 Å². The molecule has 1 atom stereocenters. The molecule has 1 aromatic heterocycles. The van der Waals surface area contributed by atoms with Gasteiger partial charge in [0.05, 0.1) is 13.2 Å². The normalized spacial score (nSPS) is 21.5. The third-order valence-corrected chi connectivity index (χ3v) is 3.59. The van der Waals surface area contributed by atoms with Crippen LogP contribution in [-0.2, 0) is 11.2 Å². The molecule has 104 valence electrons. The van der Waals surface area contributed by atoms with Crippen molar-refractivity contribution in [2.24, 2.45) is 0 Å². The fraction of sp³-hybridized carbons (Fsp3) is 0.429. The second kappa shape index (κ2) is 4.88. The number of nitrogens with zero attached hydrogens (tertiary/aromatic N) is 2. The van der Waals surface area contributed by atoms with Crippen molar-refractivity contribution in [2.45, 2.75) is 12.5 Å². The molecule has 1 saturated heterocycles. The molecule has 1 N–H and O–H groups in total. The number of hydrogen-bond donors (Lipinski definition) is 1. The molecular formula is C14H15N3O3. The lowest BCUT2D eigenvalue weighted by atomic mass is 10.1. The van der Waals surface area contributed by atoms with E-state index in [-0.39, 0.29) is 6.10 Å². The first-order chi connectivity index (χ1) is 9.90. The van der Waals surface area contributed by atoms with Gasteiger partial charge in [0.2, 0.25) is 5.82 Å². The summed E-state index contributed by atoms with van der Waals surface area (Å²) in [7, 11) is 0. The molecule has 2 aliphatic heterocycles. The summed E-state index contributed by atoms with van der Waals surface area (Å²) in [6.07, 6.45) is 0.784. The van der Waals surface area contributed by atoms with Gasteiger partial charge in [-0.25, -0.2) is 0 Å². The quantitative estimate of drug-likeness (QED) is 0.890. The summed E-state index contributed by atoms with van der Waals surface area (Å²) in [6, 6.07) is 5.99. The van der Waals surface area contributed by atoms with Crippen molar-refractivity contribution < 1.29 is 14.0 Å². The Bertz CT molecular complexity index is 620. The summed E-state index contributed by atoms with van der Waals surface area (Å²) in [6.45, 7) is 2.98. The molecular weight excluding hydrogens is 258 g/mol. The van der Waals surface area contributed by atoms with Gasteiger partial charge in [0, 0.05) is 25.1 Å². The van der Waals surface area contributed by atoms with Gasteiger partial charge in [-0.2, -0.15) is 4.98 Å². The van der Waals surface area contributed by atoms with Gasteiger partial charge in [0.1, 0.15) is 11.9 Å². The molecule has 0 amide bonds. The summed E-state index contributed by atoms with van der Waals surface area (Å²) in [5, 5.41) is 7.30. The van der Waals surface area contributed by atoms with E-state index in [9.17, 15) is 0 Å². The zero-order chi connectivity index (χ0) is 13.4. The lowest BCUT2D eigenvalue weighted by Gasteiger charge is -2.19. The number of morpholine rings is 1. The Morgan fingerprint density at radius 1 is 1.25 bits per heavy atom. The summed E-state index contributed by atoms with van der Waals surface area (Å²) >= 11 is 0. The van der Waals surface area contributed by atoms with Gasteiger partial charge in [0.15, 0.2) is 0 Å². The van der Waals surface area contributed by atoms with E-state index < -0.39 is 0 Å². The van der Waals surface area contributed by atoms with Crippen LogP contribution in [0.4, 0.5) is 0 Å². The van der Waals surface area contributed by atoms with Gasteiger partial charge < -0.3 is 19.3 Å². The van der Waals surface area contributed by atoms with Crippen LogP contribution in [0.5, 0.6) is 5.75 Å². The van der Waals surface area contributed by atoms with Crippen molar-refractivity contribution in [3.05, 3.63) is 29.7 Å². The summed E-state index contributed by atoms with van der Waals surface area (Å²) in [4.78, 5) is 4.45. The minimum atomic E-state index is -0.150. The number of benzene rings is 1. The van der Waals surface area contributed by atoms with Crippen molar-refractivity contribution in [1.29, 1.82) is 0 Å². The molecule has 0 spiro atoms. The number of aromatic nitrogens is 2. The second-order valence-electron chi connectivity index (χ2n) is 4.94. The van der Waals surface area contributed by atoms with E-state index in [0.717, 1.165) is 30.9 Å². The van der Waals surface area contributed by atoms with Gasteiger partial charge in [-0.3, -0.25) is 0 Å². The topological polar surface area (TPSA) is 69.4 Å². The lowest BCUT2D eigenvalue weighted by Crippen LogP contribution is -2.33. The van der Waals surface area contributed by atoms with Crippen LogP contribution in [-0.4, -0.2) is 36.4 Å². The minimum absolute atomic E-state index is 0.150. The van der Waals surface area contributed by atoms with E-state index in [1.165, 1.54) is 5.56 Å². The van der Waals surface area contributed by atoms with Gasteiger partial charge in [-0.1, -0.05) is 5.16 Å². The second-order valence-corrected chi connectivity index (χ2v) is 4.94. The van der Waals surface area contributed by atoms with Gasteiger partial charge in [-0.15, -0.1) is 0 Å². The van der Waals surface area contributed by atoms with Crippen LogP contribution in [0.2, 0.25) is 0 Å². The Labute approximate surface area is 116 Å². The van der Waals surface area contributed by atoms with Crippen molar-refractivity contribution in [2.75, 3.05) is 26.3 Å². The Balaban J connectivity index is 1.61. The fourth-order valence-corrected chi connectivity index (χ4v) is 2.53.